The molecule has 1 aromatic rings. The summed E-state index contributed by atoms with van der Waals surface area (Å²) in [6.07, 6.45) is 1.36. The van der Waals surface area contributed by atoms with Crippen molar-refractivity contribution in [3.8, 4) is 0 Å². The summed E-state index contributed by atoms with van der Waals surface area (Å²) in [6, 6.07) is 0. The zero-order valence-electron chi connectivity index (χ0n) is 7.21. The number of phosphoric acid groups is 1. The van der Waals surface area contributed by atoms with Crippen LogP contribution in [0.3, 0.4) is 0 Å². The van der Waals surface area contributed by atoms with E-state index in [1.807, 2.05) is 0 Å². The van der Waals surface area contributed by atoms with Gasteiger partial charge in [-0.3, -0.25) is 9.32 Å². The number of Topliss-reactive ketones (excluding diaryl/α,β-unsaturated/α-hetero) is 1. The Morgan fingerprint density at radius 1 is 1.71 bits per heavy atom. The Kier molecular flexibility index (Phi) is 3.52. The van der Waals surface area contributed by atoms with Crippen molar-refractivity contribution in [2.24, 2.45) is 0 Å². The van der Waals surface area contributed by atoms with Gasteiger partial charge in [-0.1, -0.05) is 0 Å². The second-order valence-corrected chi connectivity index (χ2v) is 4.81. The van der Waals surface area contributed by atoms with Gasteiger partial charge in [0, 0.05) is 13.1 Å². The highest BCUT2D eigenvalue weighted by atomic mass is 32.1. The molecule has 0 saturated heterocycles. The lowest BCUT2D eigenvalue weighted by Crippen LogP contribution is -1.88. The van der Waals surface area contributed by atoms with Gasteiger partial charge in [0.25, 0.3) is 0 Å². The van der Waals surface area contributed by atoms with E-state index in [9.17, 15) is 9.36 Å². The SMILES string of the molecule is CC(=O)c1ncc(COP(=O)(O)O)s1. The number of hydrogen-bond acceptors (Lipinski definition) is 5. The van der Waals surface area contributed by atoms with E-state index in [0.29, 0.717) is 9.88 Å². The van der Waals surface area contributed by atoms with E-state index in [4.69, 9.17) is 9.79 Å². The molecule has 0 radical (unpaired) electrons. The summed E-state index contributed by atoms with van der Waals surface area (Å²) in [7, 11) is -4.45. The third-order valence-electron chi connectivity index (χ3n) is 1.23. The third kappa shape index (κ3) is 3.65. The number of aromatic nitrogens is 1. The number of carbonyl (C=O) groups is 1. The number of thiazole rings is 1. The molecule has 1 heterocycles. The fourth-order valence-corrected chi connectivity index (χ4v) is 1.80. The summed E-state index contributed by atoms with van der Waals surface area (Å²) in [6.45, 7) is 1.13. The van der Waals surface area contributed by atoms with E-state index in [-0.39, 0.29) is 12.4 Å². The lowest BCUT2D eigenvalue weighted by Gasteiger charge is -2.01. The minimum atomic E-state index is -4.45. The van der Waals surface area contributed by atoms with Crippen molar-refractivity contribution in [1.82, 2.24) is 4.98 Å². The van der Waals surface area contributed by atoms with Gasteiger partial charge in [-0.25, -0.2) is 9.55 Å². The maximum absolute atomic E-state index is 10.8. The number of hydrogen-bond donors (Lipinski definition) is 2. The molecule has 8 heteroatoms. The highest BCUT2D eigenvalue weighted by molar-refractivity contribution is 7.46. The van der Waals surface area contributed by atoms with Crippen LogP contribution in [0, 0.1) is 0 Å². The molecule has 14 heavy (non-hydrogen) atoms. The Hall–Kier alpha value is -0.590. The molecular formula is C6H8NO5PS. The number of rotatable bonds is 4. The molecule has 6 nitrogen and oxygen atoms in total. The van der Waals surface area contributed by atoms with Gasteiger partial charge < -0.3 is 9.79 Å². The Bertz CT molecular complexity index is 383. The molecule has 78 valence electrons. The Morgan fingerprint density at radius 3 is 2.79 bits per heavy atom. The van der Waals surface area contributed by atoms with Gasteiger partial charge in [0.1, 0.15) is 0 Å². The number of ketones is 1. The molecule has 0 amide bonds. The van der Waals surface area contributed by atoms with Gasteiger partial charge in [-0.15, -0.1) is 11.3 Å². The third-order valence-corrected chi connectivity index (χ3v) is 2.77. The minimum Gasteiger partial charge on any atom is -0.303 e. The van der Waals surface area contributed by atoms with Gasteiger partial charge in [-0.05, 0) is 0 Å². The molecule has 0 bridgehead atoms. The molecular weight excluding hydrogens is 229 g/mol. The Morgan fingerprint density at radius 2 is 2.36 bits per heavy atom. The molecule has 0 aromatic carbocycles. The van der Waals surface area contributed by atoms with E-state index in [2.05, 4.69) is 9.51 Å². The maximum Gasteiger partial charge on any atom is 0.469 e. The largest absolute Gasteiger partial charge is 0.469 e. The quantitative estimate of drug-likeness (QED) is 0.597. The van der Waals surface area contributed by atoms with E-state index in [0.717, 1.165) is 11.3 Å². The van der Waals surface area contributed by atoms with E-state index < -0.39 is 7.82 Å². The monoisotopic (exact) mass is 237 g/mol. The minimum absolute atomic E-state index is 0.183. The first-order valence-corrected chi connectivity index (χ1v) is 5.89. The van der Waals surface area contributed by atoms with Gasteiger partial charge in [0.05, 0.1) is 11.5 Å². The highest BCUT2D eigenvalue weighted by Gasteiger charge is 2.15. The van der Waals surface area contributed by atoms with Crippen molar-refractivity contribution in [3.05, 3.63) is 16.1 Å². The van der Waals surface area contributed by atoms with Crippen LogP contribution in [0.5, 0.6) is 0 Å². The predicted molar refractivity (Wildman–Crippen MR) is 49.0 cm³/mol. The van der Waals surface area contributed by atoms with Gasteiger partial charge in [0.15, 0.2) is 10.8 Å². The summed E-state index contributed by atoms with van der Waals surface area (Å²) in [5, 5.41) is 0.300. The highest BCUT2D eigenvalue weighted by Crippen LogP contribution is 2.37. The van der Waals surface area contributed by atoms with Crippen LogP contribution >= 0.6 is 19.2 Å². The zero-order chi connectivity index (χ0) is 10.8. The number of carbonyl (C=O) groups excluding carboxylic acids is 1. The summed E-state index contributed by atoms with van der Waals surface area (Å²) in [5.74, 6) is -0.183. The van der Waals surface area contributed by atoms with Crippen LogP contribution in [-0.4, -0.2) is 20.6 Å². The van der Waals surface area contributed by atoms with Crippen LogP contribution in [0.25, 0.3) is 0 Å². The first-order valence-electron chi connectivity index (χ1n) is 3.54. The summed E-state index contributed by atoms with van der Waals surface area (Å²) < 4.78 is 14.6. The standard InChI is InChI=1S/C6H8NO5PS/c1-4(8)6-7-2-5(14-6)3-12-13(9,10)11/h2H,3H2,1H3,(H2,9,10,11). The normalized spacial score (nSPS) is 11.6. The summed E-state index contributed by atoms with van der Waals surface area (Å²) in [4.78, 5) is 31.9. The molecule has 1 rings (SSSR count). The first kappa shape index (κ1) is 11.5. The average Bonchev–Trinajstić information content (AvgIpc) is 2.47. The number of nitrogens with zero attached hydrogens (tertiary/aromatic N) is 1. The van der Waals surface area contributed by atoms with Crippen LogP contribution in [0.2, 0.25) is 0 Å². The van der Waals surface area contributed by atoms with E-state index in [1.165, 1.54) is 13.1 Å². The predicted octanol–water partition coefficient (Wildman–Crippen LogP) is 0.955. The second-order valence-electron chi connectivity index (χ2n) is 2.45. The first-order chi connectivity index (χ1) is 6.38. The fraction of sp³-hybridized carbons (Fsp3) is 0.333. The molecule has 0 fully saturated rings. The van der Waals surface area contributed by atoms with Gasteiger partial charge >= 0.3 is 7.82 Å². The number of phosphoric ester groups is 1. The lowest BCUT2D eigenvalue weighted by molar-refractivity contribution is 0.101. The average molecular weight is 237 g/mol. The van der Waals surface area contributed by atoms with Crippen molar-refractivity contribution in [1.29, 1.82) is 0 Å². The molecule has 0 spiro atoms. The Balaban J connectivity index is 2.61. The van der Waals surface area contributed by atoms with Crippen molar-refractivity contribution >= 4 is 24.9 Å². The molecule has 0 aliphatic rings. The van der Waals surface area contributed by atoms with Crippen LogP contribution in [-0.2, 0) is 15.7 Å². The van der Waals surface area contributed by atoms with E-state index in [1.54, 1.807) is 0 Å². The lowest BCUT2D eigenvalue weighted by atomic mass is 10.5. The molecule has 0 unspecified atom stereocenters. The van der Waals surface area contributed by atoms with Crippen molar-refractivity contribution in [3.63, 3.8) is 0 Å². The van der Waals surface area contributed by atoms with Crippen LogP contribution in [0.15, 0.2) is 6.20 Å². The van der Waals surface area contributed by atoms with Gasteiger partial charge in [-0.2, -0.15) is 0 Å². The van der Waals surface area contributed by atoms with Crippen LogP contribution in [0.1, 0.15) is 21.6 Å². The smallest absolute Gasteiger partial charge is 0.303 e. The second kappa shape index (κ2) is 4.29. The molecule has 2 N–H and O–H groups in total. The molecule has 0 saturated carbocycles. The fourth-order valence-electron chi connectivity index (χ4n) is 0.685. The Labute approximate surface area is 83.8 Å². The topological polar surface area (TPSA) is 96.7 Å². The van der Waals surface area contributed by atoms with Crippen LogP contribution < -0.4 is 0 Å². The zero-order valence-corrected chi connectivity index (χ0v) is 8.92. The van der Waals surface area contributed by atoms with Crippen molar-refractivity contribution in [2.75, 3.05) is 0 Å². The molecule has 1 aromatic heterocycles. The molecule has 0 aliphatic heterocycles. The van der Waals surface area contributed by atoms with Crippen molar-refractivity contribution in [2.45, 2.75) is 13.5 Å². The maximum atomic E-state index is 10.8. The van der Waals surface area contributed by atoms with Crippen molar-refractivity contribution < 1.29 is 23.7 Å². The van der Waals surface area contributed by atoms with Crippen LogP contribution in [0.4, 0.5) is 0 Å². The van der Waals surface area contributed by atoms with Gasteiger partial charge in [0.2, 0.25) is 0 Å². The molecule has 0 aliphatic carbocycles. The summed E-state index contributed by atoms with van der Waals surface area (Å²) in [5.41, 5.74) is 0. The molecule has 0 atom stereocenters. The summed E-state index contributed by atoms with van der Waals surface area (Å²) >= 11 is 1.05. The van der Waals surface area contributed by atoms with E-state index >= 15 is 0 Å².